The molecule has 6 heteroatoms. The summed E-state index contributed by atoms with van der Waals surface area (Å²) in [5.74, 6) is -0.220. The quantitative estimate of drug-likeness (QED) is 0.660. The second kappa shape index (κ2) is 4.70. The largest absolute Gasteiger partial charge is 0.272 e. The Morgan fingerprint density at radius 1 is 1.00 bits per heavy atom. The van der Waals surface area contributed by atoms with Crippen molar-refractivity contribution in [1.29, 1.82) is 0 Å². The van der Waals surface area contributed by atoms with Crippen LogP contribution in [0.25, 0.3) is 0 Å². The van der Waals surface area contributed by atoms with E-state index < -0.39 is 5.91 Å². The zero-order valence-corrected chi connectivity index (χ0v) is 13.4. The topological polar surface area (TPSA) is 66.5 Å². The summed E-state index contributed by atoms with van der Waals surface area (Å²) in [6.45, 7) is 0. The Kier molecular flexibility index (Phi) is 2.78. The van der Waals surface area contributed by atoms with E-state index in [1.54, 1.807) is 24.3 Å². The molecule has 6 atom stereocenters. The standard InChI is InChI=1S/C18H15ClN2O3/c19-9-3-1-8(2-4-9)16(22)20-21-17(23)14-10-5-6-11(13-7-12(10)13)15(14)18(21)24/h1-6,10-15H,7H2,(H,20,22)/t10-,11-,12-,13+,14-,15+/m0/s1. The predicted octanol–water partition coefficient (Wildman–Crippen LogP) is 2.04. The van der Waals surface area contributed by atoms with Gasteiger partial charge in [-0.2, -0.15) is 5.01 Å². The van der Waals surface area contributed by atoms with Crippen LogP contribution >= 0.6 is 11.6 Å². The summed E-state index contributed by atoms with van der Waals surface area (Å²) >= 11 is 5.82. The molecule has 24 heavy (non-hydrogen) atoms. The molecule has 4 aliphatic carbocycles. The summed E-state index contributed by atoms with van der Waals surface area (Å²) in [5.41, 5.74) is 2.85. The Balaban J connectivity index is 1.40. The molecule has 1 aromatic rings. The molecule has 5 nitrogen and oxygen atoms in total. The molecular formula is C18H15ClN2O3. The van der Waals surface area contributed by atoms with Crippen LogP contribution < -0.4 is 5.43 Å². The average molecular weight is 343 g/mol. The van der Waals surface area contributed by atoms with Crippen LogP contribution in [0.3, 0.4) is 0 Å². The van der Waals surface area contributed by atoms with Crippen LogP contribution in [0.2, 0.25) is 5.02 Å². The number of halogens is 1. The minimum atomic E-state index is -0.475. The second-order valence-electron chi connectivity index (χ2n) is 7.11. The maximum Gasteiger partial charge on any atom is 0.270 e. The normalized spacial score (nSPS) is 38.1. The fourth-order valence-electron chi connectivity index (χ4n) is 4.83. The monoisotopic (exact) mass is 342 g/mol. The number of amides is 3. The Bertz CT molecular complexity index is 767. The van der Waals surface area contributed by atoms with Crippen molar-refractivity contribution in [2.24, 2.45) is 35.5 Å². The molecule has 3 fully saturated rings. The molecule has 0 aromatic heterocycles. The number of imide groups is 1. The van der Waals surface area contributed by atoms with Crippen molar-refractivity contribution in [3.63, 3.8) is 0 Å². The highest BCUT2D eigenvalue weighted by Gasteiger charge is 2.67. The van der Waals surface area contributed by atoms with E-state index in [2.05, 4.69) is 17.6 Å². The van der Waals surface area contributed by atoms with Crippen molar-refractivity contribution in [1.82, 2.24) is 10.4 Å². The molecule has 1 aromatic carbocycles. The van der Waals surface area contributed by atoms with Crippen LogP contribution in [-0.4, -0.2) is 22.7 Å². The zero-order chi connectivity index (χ0) is 16.6. The first-order chi connectivity index (χ1) is 11.6. The van der Waals surface area contributed by atoms with Gasteiger partial charge in [0.1, 0.15) is 0 Å². The molecule has 2 saturated carbocycles. The fraction of sp³-hybridized carbons (Fsp3) is 0.389. The lowest BCUT2D eigenvalue weighted by Crippen LogP contribution is -2.46. The van der Waals surface area contributed by atoms with E-state index in [0.29, 0.717) is 22.4 Å². The van der Waals surface area contributed by atoms with Crippen molar-refractivity contribution in [3.05, 3.63) is 47.0 Å². The van der Waals surface area contributed by atoms with Crippen molar-refractivity contribution in [3.8, 4) is 0 Å². The van der Waals surface area contributed by atoms with Gasteiger partial charge in [-0.25, -0.2) is 0 Å². The SMILES string of the molecule is O=C(NN1C(=O)[C@@H]2[C@H]3C=C[C@@H]([C@@H]4C[C@H]34)[C@@H]2C1=O)c1ccc(Cl)cc1. The van der Waals surface area contributed by atoms with Crippen molar-refractivity contribution in [2.45, 2.75) is 6.42 Å². The third-order valence-corrected chi connectivity index (χ3v) is 6.23. The lowest BCUT2D eigenvalue weighted by molar-refractivity contribution is -0.143. The first-order valence-corrected chi connectivity index (χ1v) is 8.57. The third kappa shape index (κ3) is 1.79. The number of carbonyl (C=O) groups is 3. The van der Waals surface area contributed by atoms with Gasteiger partial charge in [-0.3, -0.25) is 19.8 Å². The summed E-state index contributed by atoms with van der Waals surface area (Å²) in [4.78, 5) is 37.9. The molecule has 1 N–H and O–H groups in total. The zero-order valence-electron chi connectivity index (χ0n) is 12.7. The molecule has 0 radical (unpaired) electrons. The van der Waals surface area contributed by atoms with Crippen LogP contribution in [0.15, 0.2) is 36.4 Å². The molecular weight excluding hydrogens is 328 g/mol. The molecule has 1 saturated heterocycles. The van der Waals surface area contributed by atoms with Crippen LogP contribution in [0.1, 0.15) is 16.8 Å². The van der Waals surface area contributed by atoms with Crippen LogP contribution in [-0.2, 0) is 9.59 Å². The summed E-state index contributed by atoms with van der Waals surface area (Å²) in [7, 11) is 0. The fourth-order valence-corrected chi connectivity index (χ4v) is 4.96. The Morgan fingerprint density at radius 3 is 2.08 bits per heavy atom. The Hall–Kier alpha value is -2.14. The highest BCUT2D eigenvalue weighted by molar-refractivity contribution is 6.30. The molecule has 1 aliphatic heterocycles. The summed E-state index contributed by atoms with van der Waals surface area (Å²) in [6.07, 6.45) is 5.33. The van der Waals surface area contributed by atoms with Crippen molar-refractivity contribution in [2.75, 3.05) is 0 Å². The highest BCUT2D eigenvalue weighted by atomic mass is 35.5. The van der Waals surface area contributed by atoms with E-state index in [0.717, 1.165) is 11.4 Å². The minimum absolute atomic E-state index is 0.152. The Morgan fingerprint density at radius 2 is 1.54 bits per heavy atom. The van der Waals surface area contributed by atoms with Gasteiger partial charge in [0.25, 0.3) is 17.7 Å². The van der Waals surface area contributed by atoms with Gasteiger partial charge in [0.15, 0.2) is 0 Å². The smallest absolute Gasteiger partial charge is 0.270 e. The van der Waals surface area contributed by atoms with Crippen LogP contribution in [0, 0.1) is 35.5 Å². The number of nitrogens with one attached hydrogen (secondary N) is 1. The number of rotatable bonds is 2. The predicted molar refractivity (Wildman–Crippen MR) is 85.5 cm³/mol. The van der Waals surface area contributed by atoms with Gasteiger partial charge < -0.3 is 0 Å². The van der Waals surface area contributed by atoms with Gasteiger partial charge in [0.05, 0.1) is 11.8 Å². The maximum atomic E-state index is 12.8. The molecule has 122 valence electrons. The summed E-state index contributed by atoms with van der Waals surface area (Å²) in [5, 5.41) is 1.47. The van der Waals surface area contributed by atoms with Crippen molar-refractivity contribution >= 4 is 29.3 Å². The van der Waals surface area contributed by atoms with Gasteiger partial charge in [0, 0.05) is 10.6 Å². The lowest BCUT2D eigenvalue weighted by Gasteiger charge is -2.37. The minimum Gasteiger partial charge on any atom is -0.272 e. The maximum absolute atomic E-state index is 12.8. The number of allylic oxidation sites excluding steroid dienone is 2. The number of carbonyl (C=O) groups excluding carboxylic acids is 3. The highest BCUT2D eigenvalue weighted by Crippen LogP contribution is 2.65. The van der Waals surface area contributed by atoms with E-state index in [4.69, 9.17) is 11.6 Å². The lowest BCUT2D eigenvalue weighted by atomic mass is 9.63. The van der Waals surface area contributed by atoms with Gasteiger partial charge in [-0.1, -0.05) is 23.8 Å². The van der Waals surface area contributed by atoms with E-state index in [1.807, 2.05) is 0 Å². The van der Waals surface area contributed by atoms with E-state index in [9.17, 15) is 14.4 Å². The van der Waals surface area contributed by atoms with Gasteiger partial charge in [-0.15, -0.1) is 0 Å². The van der Waals surface area contributed by atoms with E-state index in [1.165, 1.54) is 0 Å². The average Bonchev–Trinajstić information content (AvgIpc) is 3.36. The first-order valence-electron chi connectivity index (χ1n) is 8.19. The van der Waals surface area contributed by atoms with Gasteiger partial charge >= 0.3 is 0 Å². The molecule has 6 rings (SSSR count). The van der Waals surface area contributed by atoms with Gasteiger partial charge in [-0.05, 0) is 54.4 Å². The number of hydrogen-bond donors (Lipinski definition) is 1. The van der Waals surface area contributed by atoms with E-state index >= 15 is 0 Å². The number of hydrogen-bond acceptors (Lipinski definition) is 3. The number of benzene rings is 1. The number of hydrazine groups is 1. The van der Waals surface area contributed by atoms with Crippen LogP contribution in [0.5, 0.6) is 0 Å². The summed E-state index contributed by atoms with van der Waals surface area (Å²) in [6, 6.07) is 6.33. The molecule has 0 unspecified atom stereocenters. The number of nitrogens with zero attached hydrogens (tertiary/aromatic N) is 1. The first kappa shape index (κ1) is 14.2. The summed E-state index contributed by atoms with van der Waals surface area (Å²) < 4.78 is 0. The molecule has 2 bridgehead atoms. The molecule has 5 aliphatic rings. The van der Waals surface area contributed by atoms with Gasteiger partial charge in [0.2, 0.25) is 0 Å². The molecule has 0 spiro atoms. The molecule has 3 amide bonds. The Labute approximate surface area is 143 Å². The second-order valence-corrected chi connectivity index (χ2v) is 7.55. The molecule has 1 heterocycles. The third-order valence-electron chi connectivity index (χ3n) is 5.98. The van der Waals surface area contributed by atoms with E-state index in [-0.39, 0.29) is 35.5 Å². The van der Waals surface area contributed by atoms with Crippen LogP contribution in [0.4, 0.5) is 0 Å². The van der Waals surface area contributed by atoms with Crippen molar-refractivity contribution < 1.29 is 14.4 Å².